The van der Waals surface area contributed by atoms with Crippen LogP contribution < -0.4 is 25.1 Å². The van der Waals surface area contributed by atoms with Crippen LogP contribution in [-0.2, 0) is 19.5 Å². The van der Waals surface area contributed by atoms with Crippen LogP contribution in [0.1, 0.15) is 32.0 Å². The lowest BCUT2D eigenvalue weighted by atomic mass is 10.1. The molecular weight excluding hydrogens is 469 g/mol. The first-order chi connectivity index (χ1) is 17.4. The maximum Gasteiger partial charge on any atom is 0.257 e. The van der Waals surface area contributed by atoms with Gasteiger partial charge >= 0.3 is 0 Å². The molecule has 0 fully saturated rings. The fraction of sp³-hybridized carbons (Fsp3) is 0.269. The maximum absolute atomic E-state index is 13.3. The molecule has 0 atom stereocenters. The van der Waals surface area contributed by atoms with Gasteiger partial charge in [-0.15, -0.1) is 0 Å². The number of pyridine rings is 1. The highest BCUT2D eigenvalue weighted by atomic mass is 19.1. The second-order valence-electron chi connectivity index (χ2n) is 8.44. The lowest BCUT2D eigenvalue weighted by Gasteiger charge is -2.20. The van der Waals surface area contributed by atoms with E-state index in [-0.39, 0.29) is 62.2 Å². The van der Waals surface area contributed by atoms with Crippen LogP contribution in [0.5, 0.6) is 17.2 Å². The van der Waals surface area contributed by atoms with Crippen molar-refractivity contribution >= 4 is 11.8 Å². The standard InChI is InChI=1S/C26H24FN3O6/c1-34-22-13-23(31)30-11-10-29(26(33)17-3-5-18(27)6-4-17)9-8-19(30)24(22)25(32)28-14-16-2-7-20-21(12-16)36-15-35-20/h2-7,12-13H,8-11,14-15H2,1H3,(H,28,32). The highest BCUT2D eigenvalue weighted by Crippen LogP contribution is 2.32. The normalized spacial score (nSPS) is 14.1. The zero-order valence-electron chi connectivity index (χ0n) is 19.6. The highest BCUT2D eigenvalue weighted by Gasteiger charge is 2.27. The highest BCUT2D eigenvalue weighted by molar-refractivity contribution is 5.98. The number of hydrogen-bond donors (Lipinski definition) is 1. The van der Waals surface area contributed by atoms with Gasteiger partial charge in [0.25, 0.3) is 17.4 Å². The summed E-state index contributed by atoms with van der Waals surface area (Å²) in [5, 5.41) is 2.89. The van der Waals surface area contributed by atoms with Crippen LogP contribution in [-0.4, -0.2) is 48.3 Å². The zero-order chi connectivity index (χ0) is 25.2. The average Bonchev–Trinajstić information content (AvgIpc) is 3.24. The molecule has 0 spiro atoms. The molecule has 3 aromatic rings. The molecule has 0 saturated heterocycles. The number of ether oxygens (including phenoxy) is 3. The number of benzene rings is 2. The number of fused-ring (bicyclic) bond motifs is 2. The monoisotopic (exact) mass is 493 g/mol. The zero-order valence-corrected chi connectivity index (χ0v) is 19.6. The molecule has 0 unspecified atom stereocenters. The fourth-order valence-corrected chi connectivity index (χ4v) is 4.45. The van der Waals surface area contributed by atoms with E-state index in [1.54, 1.807) is 17.0 Å². The second kappa shape index (κ2) is 9.73. The summed E-state index contributed by atoms with van der Waals surface area (Å²) in [7, 11) is 1.40. The van der Waals surface area contributed by atoms with Crippen LogP contribution >= 0.6 is 0 Å². The summed E-state index contributed by atoms with van der Waals surface area (Å²) in [6.45, 7) is 1.16. The Morgan fingerprint density at radius 2 is 1.81 bits per heavy atom. The van der Waals surface area contributed by atoms with Gasteiger partial charge in [0.2, 0.25) is 6.79 Å². The Morgan fingerprint density at radius 1 is 1.03 bits per heavy atom. The van der Waals surface area contributed by atoms with Crippen molar-refractivity contribution in [1.29, 1.82) is 0 Å². The molecule has 36 heavy (non-hydrogen) atoms. The lowest BCUT2D eigenvalue weighted by molar-refractivity contribution is 0.0759. The van der Waals surface area contributed by atoms with Crippen molar-refractivity contribution in [3.63, 3.8) is 0 Å². The van der Waals surface area contributed by atoms with Gasteiger partial charge in [0.05, 0.1) is 7.11 Å². The SMILES string of the molecule is COc1cc(=O)n2c(c1C(=O)NCc1ccc3c(c1)OCO3)CCN(C(=O)c1ccc(F)cc1)CC2. The van der Waals surface area contributed by atoms with E-state index in [1.807, 2.05) is 6.07 Å². The molecule has 0 bridgehead atoms. The van der Waals surface area contributed by atoms with Gasteiger partial charge in [-0.05, 0) is 42.0 Å². The van der Waals surface area contributed by atoms with Crippen LogP contribution in [0.3, 0.4) is 0 Å². The third-order valence-corrected chi connectivity index (χ3v) is 6.31. The molecule has 2 amide bonds. The van der Waals surface area contributed by atoms with Crippen molar-refractivity contribution in [3.8, 4) is 17.2 Å². The van der Waals surface area contributed by atoms with E-state index in [0.29, 0.717) is 22.8 Å². The quantitative estimate of drug-likeness (QED) is 0.586. The molecule has 0 saturated carbocycles. The topological polar surface area (TPSA) is 99.1 Å². The Morgan fingerprint density at radius 3 is 2.58 bits per heavy atom. The van der Waals surface area contributed by atoms with Crippen molar-refractivity contribution in [3.05, 3.63) is 87.1 Å². The molecule has 0 aliphatic carbocycles. The predicted octanol–water partition coefficient (Wildman–Crippen LogP) is 2.35. The summed E-state index contributed by atoms with van der Waals surface area (Å²) in [5.41, 5.74) is 1.62. The first kappa shape index (κ1) is 23.4. The van der Waals surface area contributed by atoms with Gasteiger partial charge in [0.1, 0.15) is 17.1 Å². The molecular formula is C26H24FN3O6. The van der Waals surface area contributed by atoms with Crippen LogP contribution in [0, 0.1) is 5.82 Å². The van der Waals surface area contributed by atoms with E-state index in [1.165, 1.54) is 42.0 Å². The number of nitrogens with one attached hydrogen (secondary N) is 1. The Labute approximate surface area is 206 Å². The van der Waals surface area contributed by atoms with Crippen LogP contribution in [0.4, 0.5) is 4.39 Å². The van der Waals surface area contributed by atoms with E-state index < -0.39 is 11.7 Å². The Kier molecular flexibility index (Phi) is 6.32. The molecule has 2 aliphatic heterocycles. The Bertz CT molecular complexity index is 1390. The summed E-state index contributed by atoms with van der Waals surface area (Å²) in [4.78, 5) is 40.7. The molecule has 0 radical (unpaired) electrons. The van der Waals surface area contributed by atoms with E-state index in [2.05, 4.69) is 5.32 Å². The molecule has 10 heteroatoms. The van der Waals surface area contributed by atoms with Gasteiger partial charge in [-0.2, -0.15) is 0 Å². The third kappa shape index (κ3) is 4.49. The van der Waals surface area contributed by atoms with Crippen molar-refractivity contribution in [1.82, 2.24) is 14.8 Å². The molecule has 1 aromatic heterocycles. The van der Waals surface area contributed by atoms with Gasteiger partial charge in [-0.1, -0.05) is 6.07 Å². The lowest BCUT2D eigenvalue weighted by Crippen LogP contribution is -2.34. The number of carbonyl (C=O) groups excluding carboxylic acids is 2. The molecule has 186 valence electrons. The fourth-order valence-electron chi connectivity index (χ4n) is 4.45. The number of methoxy groups -OCH3 is 1. The third-order valence-electron chi connectivity index (χ3n) is 6.31. The summed E-state index contributed by atoms with van der Waals surface area (Å²) >= 11 is 0. The molecule has 2 aromatic carbocycles. The van der Waals surface area contributed by atoms with Gasteiger partial charge in [-0.25, -0.2) is 4.39 Å². The van der Waals surface area contributed by atoms with Gasteiger partial charge < -0.3 is 29.0 Å². The summed E-state index contributed by atoms with van der Waals surface area (Å²) in [6, 6.07) is 12.0. The summed E-state index contributed by atoms with van der Waals surface area (Å²) < 4.78 is 30.9. The van der Waals surface area contributed by atoms with Gasteiger partial charge in [0.15, 0.2) is 11.5 Å². The minimum atomic E-state index is -0.426. The average molecular weight is 493 g/mol. The van der Waals surface area contributed by atoms with E-state index in [4.69, 9.17) is 14.2 Å². The number of carbonyl (C=O) groups is 2. The van der Waals surface area contributed by atoms with Crippen molar-refractivity contribution in [2.45, 2.75) is 19.5 Å². The number of amides is 2. The van der Waals surface area contributed by atoms with Crippen LogP contribution in [0.25, 0.3) is 0 Å². The van der Waals surface area contributed by atoms with E-state index in [0.717, 1.165) is 5.56 Å². The molecule has 1 N–H and O–H groups in total. The number of rotatable bonds is 5. The van der Waals surface area contributed by atoms with Gasteiger partial charge in [-0.3, -0.25) is 14.4 Å². The summed E-state index contributed by atoms with van der Waals surface area (Å²) in [5.74, 6) is 0.352. The van der Waals surface area contributed by atoms with Crippen molar-refractivity contribution < 1.29 is 28.2 Å². The molecule has 3 heterocycles. The number of nitrogens with zero attached hydrogens (tertiary/aromatic N) is 2. The minimum absolute atomic E-state index is 0.161. The second-order valence-corrected chi connectivity index (χ2v) is 8.44. The molecule has 2 aliphatic rings. The number of halogens is 1. The van der Waals surface area contributed by atoms with Gasteiger partial charge in [0, 0.05) is 49.9 Å². The first-order valence-corrected chi connectivity index (χ1v) is 11.5. The van der Waals surface area contributed by atoms with E-state index >= 15 is 0 Å². The number of hydrogen-bond acceptors (Lipinski definition) is 6. The smallest absolute Gasteiger partial charge is 0.257 e. The van der Waals surface area contributed by atoms with Crippen LogP contribution in [0.15, 0.2) is 53.3 Å². The Balaban J connectivity index is 1.38. The van der Waals surface area contributed by atoms with Crippen LogP contribution in [0.2, 0.25) is 0 Å². The molecule has 5 rings (SSSR count). The predicted molar refractivity (Wildman–Crippen MR) is 127 cm³/mol. The minimum Gasteiger partial charge on any atom is -0.496 e. The molecule has 9 nitrogen and oxygen atoms in total. The largest absolute Gasteiger partial charge is 0.496 e. The van der Waals surface area contributed by atoms with Crippen molar-refractivity contribution in [2.24, 2.45) is 0 Å². The number of aromatic nitrogens is 1. The first-order valence-electron chi connectivity index (χ1n) is 11.5. The Hall–Kier alpha value is -4.34. The van der Waals surface area contributed by atoms with Crippen molar-refractivity contribution in [2.75, 3.05) is 27.0 Å². The maximum atomic E-state index is 13.3. The van der Waals surface area contributed by atoms with E-state index in [9.17, 15) is 18.8 Å². The summed E-state index contributed by atoms with van der Waals surface area (Å²) in [6.07, 6.45) is 0.270.